The normalized spacial score (nSPS) is 24.9. The number of hydrogen-bond acceptors (Lipinski definition) is 3. The van der Waals surface area contributed by atoms with Gasteiger partial charge in [0.25, 0.3) is 0 Å². The van der Waals surface area contributed by atoms with Gasteiger partial charge in [0.2, 0.25) is 0 Å². The van der Waals surface area contributed by atoms with E-state index in [1.807, 2.05) is 0 Å². The highest BCUT2D eigenvalue weighted by molar-refractivity contribution is 4.74. The maximum Gasteiger partial charge on any atom is 0.00187 e. The van der Waals surface area contributed by atoms with Crippen LogP contribution in [0.3, 0.4) is 0 Å². The van der Waals surface area contributed by atoms with Gasteiger partial charge in [-0.1, -0.05) is 13.8 Å². The zero-order valence-corrected chi connectivity index (χ0v) is 11.2. The molecule has 1 heterocycles. The smallest absolute Gasteiger partial charge is 0.00187 e. The molecule has 0 bridgehead atoms. The van der Waals surface area contributed by atoms with Crippen molar-refractivity contribution < 1.29 is 0 Å². The molecule has 0 aromatic heterocycles. The van der Waals surface area contributed by atoms with E-state index in [-0.39, 0.29) is 0 Å². The number of nitrogens with zero attached hydrogens (tertiary/aromatic N) is 1. The summed E-state index contributed by atoms with van der Waals surface area (Å²) in [4.78, 5) is 2.44. The van der Waals surface area contributed by atoms with Gasteiger partial charge >= 0.3 is 0 Å². The Bertz CT molecular complexity index is 182. The van der Waals surface area contributed by atoms with Gasteiger partial charge in [-0.3, -0.25) is 0 Å². The predicted molar refractivity (Wildman–Crippen MR) is 70.5 cm³/mol. The van der Waals surface area contributed by atoms with Crippen LogP contribution in [0.2, 0.25) is 0 Å². The Balaban J connectivity index is 2.14. The van der Waals surface area contributed by atoms with Crippen molar-refractivity contribution in [3.8, 4) is 0 Å². The Morgan fingerprint density at radius 1 is 1.44 bits per heavy atom. The summed E-state index contributed by atoms with van der Waals surface area (Å²) < 4.78 is 0. The molecule has 1 fully saturated rings. The van der Waals surface area contributed by atoms with Gasteiger partial charge in [0, 0.05) is 6.54 Å². The summed E-state index contributed by atoms with van der Waals surface area (Å²) in [5, 5.41) is 3.60. The zero-order valence-electron chi connectivity index (χ0n) is 11.2. The van der Waals surface area contributed by atoms with E-state index in [0.717, 1.165) is 25.6 Å². The Hall–Kier alpha value is -0.120. The SMILES string of the molecule is CC(C)C(CN)CNCC1CCCN(C)C1. The van der Waals surface area contributed by atoms with Crippen LogP contribution in [0.25, 0.3) is 0 Å². The second kappa shape index (κ2) is 7.25. The van der Waals surface area contributed by atoms with Crippen LogP contribution in [0.5, 0.6) is 0 Å². The van der Waals surface area contributed by atoms with E-state index in [9.17, 15) is 0 Å². The monoisotopic (exact) mass is 227 g/mol. The summed E-state index contributed by atoms with van der Waals surface area (Å²) in [7, 11) is 2.23. The highest BCUT2D eigenvalue weighted by atomic mass is 15.1. The highest BCUT2D eigenvalue weighted by Crippen LogP contribution is 2.14. The van der Waals surface area contributed by atoms with Crippen molar-refractivity contribution in [3.63, 3.8) is 0 Å². The molecule has 1 aliphatic rings. The summed E-state index contributed by atoms with van der Waals surface area (Å²) in [6.45, 7) is 10.1. The molecule has 0 aromatic rings. The Morgan fingerprint density at radius 2 is 2.19 bits per heavy atom. The number of hydrogen-bond donors (Lipinski definition) is 2. The zero-order chi connectivity index (χ0) is 12.0. The lowest BCUT2D eigenvalue weighted by Gasteiger charge is -2.30. The van der Waals surface area contributed by atoms with Crippen molar-refractivity contribution in [2.45, 2.75) is 26.7 Å². The Labute approximate surface area is 101 Å². The van der Waals surface area contributed by atoms with Gasteiger partial charge in [0.05, 0.1) is 0 Å². The molecule has 3 N–H and O–H groups in total. The lowest BCUT2D eigenvalue weighted by atomic mass is 9.95. The fourth-order valence-corrected chi connectivity index (χ4v) is 2.50. The first-order valence-corrected chi connectivity index (χ1v) is 6.72. The Morgan fingerprint density at radius 3 is 2.75 bits per heavy atom. The molecule has 0 aliphatic carbocycles. The standard InChI is InChI=1S/C13H29N3/c1-11(2)13(7-14)9-15-8-12-5-4-6-16(3)10-12/h11-13,15H,4-10,14H2,1-3H3. The van der Waals surface area contributed by atoms with Crippen molar-refractivity contribution in [3.05, 3.63) is 0 Å². The first-order valence-electron chi connectivity index (χ1n) is 6.72. The molecular formula is C13H29N3. The number of rotatable bonds is 6. The van der Waals surface area contributed by atoms with Crippen LogP contribution in [-0.4, -0.2) is 44.7 Å². The number of likely N-dealkylation sites (tertiary alicyclic amines) is 1. The molecular weight excluding hydrogens is 198 g/mol. The topological polar surface area (TPSA) is 41.3 Å². The average Bonchev–Trinajstić information content (AvgIpc) is 2.24. The van der Waals surface area contributed by atoms with Crippen LogP contribution >= 0.6 is 0 Å². The van der Waals surface area contributed by atoms with Crippen molar-refractivity contribution in [2.75, 3.05) is 39.8 Å². The van der Waals surface area contributed by atoms with Crippen molar-refractivity contribution in [2.24, 2.45) is 23.5 Å². The van der Waals surface area contributed by atoms with Crippen LogP contribution in [0.4, 0.5) is 0 Å². The molecule has 3 heteroatoms. The highest BCUT2D eigenvalue weighted by Gasteiger charge is 2.17. The third kappa shape index (κ3) is 4.81. The second-order valence-electron chi connectivity index (χ2n) is 5.67. The summed E-state index contributed by atoms with van der Waals surface area (Å²) in [5.41, 5.74) is 5.77. The first-order chi connectivity index (χ1) is 7.63. The van der Waals surface area contributed by atoms with Crippen molar-refractivity contribution in [1.82, 2.24) is 10.2 Å². The molecule has 1 saturated heterocycles. The average molecular weight is 227 g/mol. The number of nitrogens with one attached hydrogen (secondary N) is 1. The lowest BCUT2D eigenvalue weighted by Crippen LogP contribution is -2.40. The molecule has 96 valence electrons. The van der Waals surface area contributed by atoms with E-state index in [4.69, 9.17) is 5.73 Å². The minimum absolute atomic E-state index is 0.626. The number of piperidine rings is 1. The van der Waals surface area contributed by atoms with E-state index >= 15 is 0 Å². The fraction of sp³-hybridized carbons (Fsp3) is 1.00. The quantitative estimate of drug-likeness (QED) is 0.715. The molecule has 1 aliphatic heterocycles. The summed E-state index contributed by atoms with van der Waals surface area (Å²) in [6, 6.07) is 0. The molecule has 0 saturated carbocycles. The summed E-state index contributed by atoms with van der Waals surface area (Å²) in [6.07, 6.45) is 2.74. The van der Waals surface area contributed by atoms with Crippen LogP contribution in [0.15, 0.2) is 0 Å². The van der Waals surface area contributed by atoms with E-state index in [0.29, 0.717) is 11.8 Å². The van der Waals surface area contributed by atoms with Crippen LogP contribution in [-0.2, 0) is 0 Å². The van der Waals surface area contributed by atoms with Crippen LogP contribution < -0.4 is 11.1 Å². The molecule has 1 rings (SSSR count). The second-order valence-corrected chi connectivity index (χ2v) is 5.67. The van der Waals surface area contributed by atoms with Crippen molar-refractivity contribution in [1.29, 1.82) is 0 Å². The fourth-order valence-electron chi connectivity index (χ4n) is 2.50. The molecule has 0 amide bonds. The maximum atomic E-state index is 5.77. The minimum atomic E-state index is 0.626. The van der Waals surface area contributed by atoms with E-state index < -0.39 is 0 Å². The van der Waals surface area contributed by atoms with Crippen LogP contribution in [0.1, 0.15) is 26.7 Å². The number of nitrogens with two attached hydrogens (primary N) is 1. The summed E-state index contributed by atoms with van der Waals surface area (Å²) in [5.74, 6) is 2.15. The van der Waals surface area contributed by atoms with Gasteiger partial charge in [-0.25, -0.2) is 0 Å². The van der Waals surface area contributed by atoms with Gasteiger partial charge in [0.1, 0.15) is 0 Å². The maximum absolute atomic E-state index is 5.77. The predicted octanol–water partition coefficient (Wildman–Crippen LogP) is 1.15. The van der Waals surface area contributed by atoms with Crippen molar-refractivity contribution >= 4 is 0 Å². The molecule has 0 radical (unpaired) electrons. The van der Waals surface area contributed by atoms with Gasteiger partial charge in [-0.15, -0.1) is 0 Å². The molecule has 2 atom stereocenters. The van der Waals surface area contributed by atoms with E-state index in [1.165, 1.54) is 25.9 Å². The third-order valence-electron chi connectivity index (χ3n) is 3.81. The molecule has 16 heavy (non-hydrogen) atoms. The van der Waals surface area contributed by atoms with Gasteiger partial charge in [-0.05, 0) is 63.8 Å². The summed E-state index contributed by atoms with van der Waals surface area (Å²) >= 11 is 0. The Kier molecular flexibility index (Phi) is 6.32. The third-order valence-corrected chi connectivity index (χ3v) is 3.81. The molecule has 2 unspecified atom stereocenters. The first kappa shape index (κ1) is 13.9. The van der Waals surface area contributed by atoms with E-state index in [2.05, 4.69) is 31.1 Å². The van der Waals surface area contributed by atoms with Gasteiger partial charge in [-0.2, -0.15) is 0 Å². The van der Waals surface area contributed by atoms with Gasteiger partial charge < -0.3 is 16.0 Å². The van der Waals surface area contributed by atoms with Crippen LogP contribution in [0, 0.1) is 17.8 Å². The van der Waals surface area contributed by atoms with E-state index in [1.54, 1.807) is 0 Å². The minimum Gasteiger partial charge on any atom is -0.330 e. The molecule has 0 aromatic carbocycles. The lowest BCUT2D eigenvalue weighted by molar-refractivity contribution is 0.203. The molecule has 3 nitrogen and oxygen atoms in total. The largest absolute Gasteiger partial charge is 0.330 e. The molecule has 0 spiro atoms. The van der Waals surface area contributed by atoms with Gasteiger partial charge in [0.15, 0.2) is 0 Å².